The predicted octanol–water partition coefficient (Wildman–Crippen LogP) is 6.12. The number of ether oxygens (including phenoxy) is 2. The zero-order valence-electron chi connectivity index (χ0n) is 20.3. The predicted molar refractivity (Wildman–Crippen MR) is 136 cm³/mol. The Bertz CT molecular complexity index is 1430. The highest BCUT2D eigenvalue weighted by molar-refractivity contribution is 7.15. The van der Waals surface area contributed by atoms with Crippen LogP contribution in [0.3, 0.4) is 0 Å². The maximum atomic E-state index is 13.5. The summed E-state index contributed by atoms with van der Waals surface area (Å²) >= 11 is 1.37. The van der Waals surface area contributed by atoms with Crippen LogP contribution in [-0.2, 0) is 24.2 Å². The molecule has 36 heavy (non-hydrogen) atoms. The highest BCUT2D eigenvalue weighted by atomic mass is 32.1. The van der Waals surface area contributed by atoms with Crippen LogP contribution in [0.4, 0.5) is 4.39 Å². The molecular formula is C28H26FNO5S. The molecule has 4 rings (SSSR count). The van der Waals surface area contributed by atoms with E-state index < -0.39 is 11.4 Å². The van der Waals surface area contributed by atoms with Gasteiger partial charge in [0, 0.05) is 11.3 Å². The van der Waals surface area contributed by atoms with E-state index in [1.807, 2.05) is 44.2 Å². The number of carbonyl (C=O) groups excluding carboxylic acids is 1. The minimum absolute atomic E-state index is 0.0780. The van der Waals surface area contributed by atoms with Crippen LogP contribution in [0, 0.1) is 12.7 Å². The lowest BCUT2D eigenvalue weighted by Crippen LogP contribution is -2.17. The summed E-state index contributed by atoms with van der Waals surface area (Å²) in [4.78, 5) is 31.6. The van der Waals surface area contributed by atoms with Gasteiger partial charge in [-0.1, -0.05) is 43.3 Å². The average Bonchev–Trinajstić information content (AvgIpc) is 3.28. The molecule has 0 radical (unpaired) electrons. The third-order valence-electron chi connectivity index (χ3n) is 5.64. The van der Waals surface area contributed by atoms with E-state index in [1.54, 1.807) is 13.0 Å². The number of halogens is 1. The summed E-state index contributed by atoms with van der Waals surface area (Å²) in [5.41, 5.74) is 3.21. The lowest BCUT2D eigenvalue weighted by molar-refractivity contribution is 0.0478. The van der Waals surface area contributed by atoms with Crippen molar-refractivity contribution in [3.05, 3.63) is 104 Å². The second kappa shape index (κ2) is 11.3. The summed E-state index contributed by atoms with van der Waals surface area (Å²) in [6, 6.07) is 14.0. The summed E-state index contributed by atoms with van der Waals surface area (Å²) < 4.78 is 30.0. The standard InChI is InChI=1S/C28H26FNO5S/c1-4-22-23(14-19-11-12-20(29)13-17(19)3)36-27(30-22)21-16-35-26(28(32)33-5-2)25(24(21)31)34-15-18-9-7-6-8-10-18/h6-13,16H,4-5,14-15H2,1-3H3. The quantitative estimate of drug-likeness (QED) is 0.254. The van der Waals surface area contributed by atoms with Gasteiger partial charge in [-0.05, 0) is 49.1 Å². The molecule has 0 saturated heterocycles. The molecule has 0 bridgehead atoms. The zero-order valence-corrected chi connectivity index (χ0v) is 21.1. The molecule has 4 aromatic rings. The minimum Gasteiger partial charge on any atom is -0.481 e. The van der Waals surface area contributed by atoms with Crippen molar-refractivity contribution < 1.29 is 23.1 Å². The van der Waals surface area contributed by atoms with E-state index in [4.69, 9.17) is 13.9 Å². The van der Waals surface area contributed by atoms with Crippen molar-refractivity contribution in [1.82, 2.24) is 4.98 Å². The molecule has 2 heterocycles. The number of carbonyl (C=O) groups is 1. The second-order valence-electron chi connectivity index (χ2n) is 8.12. The van der Waals surface area contributed by atoms with Crippen LogP contribution in [0.15, 0.2) is 64.0 Å². The fourth-order valence-corrected chi connectivity index (χ4v) is 4.92. The first-order chi connectivity index (χ1) is 17.4. The Morgan fingerprint density at radius 2 is 1.92 bits per heavy atom. The molecule has 6 nitrogen and oxygen atoms in total. The Labute approximate surface area is 212 Å². The van der Waals surface area contributed by atoms with Gasteiger partial charge >= 0.3 is 5.97 Å². The molecule has 0 aliphatic heterocycles. The minimum atomic E-state index is -0.773. The highest BCUT2D eigenvalue weighted by Gasteiger charge is 2.25. The first kappa shape index (κ1) is 25.3. The molecule has 0 saturated carbocycles. The molecule has 2 aromatic carbocycles. The summed E-state index contributed by atoms with van der Waals surface area (Å²) in [5.74, 6) is -1.54. The lowest BCUT2D eigenvalue weighted by Gasteiger charge is -2.10. The fourth-order valence-electron chi connectivity index (χ4n) is 3.74. The normalized spacial score (nSPS) is 10.9. The van der Waals surface area contributed by atoms with Crippen LogP contribution in [0.2, 0.25) is 0 Å². The van der Waals surface area contributed by atoms with Crippen LogP contribution in [0.5, 0.6) is 5.75 Å². The zero-order chi connectivity index (χ0) is 25.7. The van der Waals surface area contributed by atoms with Crippen molar-refractivity contribution in [3.63, 3.8) is 0 Å². The van der Waals surface area contributed by atoms with E-state index in [2.05, 4.69) is 4.98 Å². The van der Waals surface area contributed by atoms with E-state index >= 15 is 0 Å². The number of esters is 1. The SMILES string of the molecule is CCOC(=O)c1occ(-c2nc(CC)c(Cc3ccc(F)cc3C)s2)c(=O)c1OCc1ccccc1. The molecule has 0 aliphatic rings. The van der Waals surface area contributed by atoms with Gasteiger partial charge in [0.25, 0.3) is 5.76 Å². The van der Waals surface area contributed by atoms with Crippen molar-refractivity contribution in [2.75, 3.05) is 6.61 Å². The number of aryl methyl sites for hydroxylation is 2. The summed E-state index contributed by atoms with van der Waals surface area (Å²) in [6.07, 6.45) is 2.46. The number of hydrogen-bond donors (Lipinski definition) is 0. The summed E-state index contributed by atoms with van der Waals surface area (Å²) in [7, 11) is 0. The van der Waals surface area contributed by atoms with E-state index in [-0.39, 0.29) is 36.1 Å². The third kappa shape index (κ3) is 5.54. The van der Waals surface area contributed by atoms with Gasteiger partial charge in [0.15, 0.2) is 0 Å². The van der Waals surface area contributed by atoms with E-state index in [1.165, 1.54) is 29.7 Å². The topological polar surface area (TPSA) is 78.6 Å². The molecule has 2 aromatic heterocycles. The van der Waals surface area contributed by atoms with Crippen molar-refractivity contribution in [2.24, 2.45) is 0 Å². The number of nitrogens with zero attached hydrogens (tertiary/aromatic N) is 1. The molecule has 0 spiro atoms. The van der Waals surface area contributed by atoms with Crippen molar-refractivity contribution in [1.29, 1.82) is 0 Å². The average molecular weight is 508 g/mol. The Morgan fingerprint density at radius 3 is 2.61 bits per heavy atom. The van der Waals surface area contributed by atoms with E-state index in [0.717, 1.165) is 27.3 Å². The van der Waals surface area contributed by atoms with Crippen molar-refractivity contribution >= 4 is 17.3 Å². The van der Waals surface area contributed by atoms with Crippen LogP contribution in [0.1, 0.15) is 51.7 Å². The molecule has 0 atom stereocenters. The molecule has 0 unspecified atom stereocenters. The van der Waals surface area contributed by atoms with Gasteiger partial charge in [0.1, 0.15) is 23.7 Å². The van der Waals surface area contributed by atoms with E-state index in [9.17, 15) is 14.0 Å². The molecule has 8 heteroatoms. The number of aromatic nitrogens is 1. The Hall–Kier alpha value is -3.78. The molecule has 186 valence electrons. The highest BCUT2D eigenvalue weighted by Crippen LogP contribution is 2.31. The number of benzene rings is 2. The van der Waals surface area contributed by atoms with Gasteiger partial charge in [-0.15, -0.1) is 11.3 Å². The van der Waals surface area contributed by atoms with Crippen molar-refractivity contribution in [3.8, 4) is 16.3 Å². The maximum absolute atomic E-state index is 13.5. The Morgan fingerprint density at radius 1 is 1.14 bits per heavy atom. The molecule has 0 amide bonds. The monoisotopic (exact) mass is 507 g/mol. The fraction of sp³-hybridized carbons (Fsp3) is 0.250. The smallest absolute Gasteiger partial charge is 0.378 e. The lowest BCUT2D eigenvalue weighted by atomic mass is 10.0. The van der Waals surface area contributed by atoms with Crippen LogP contribution < -0.4 is 10.2 Å². The van der Waals surface area contributed by atoms with Gasteiger partial charge in [-0.2, -0.15) is 0 Å². The van der Waals surface area contributed by atoms with Crippen LogP contribution >= 0.6 is 11.3 Å². The van der Waals surface area contributed by atoms with E-state index in [0.29, 0.717) is 17.8 Å². The van der Waals surface area contributed by atoms with Gasteiger partial charge in [0.05, 0.1) is 17.9 Å². The van der Waals surface area contributed by atoms with Gasteiger partial charge in [-0.3, -0.25) is 4.79 Å². The van der Waals surface area contributed by atoms with Gasteiger partial charge in [0.2, 0.25) is 11.2 Å². The second-order valence-corrected chi connectivity index (χ2v) is 9.21. The van der Waals surface area contributed by atoms with Gasteiger partial charge < -0.3 is 13.9 Å². The molecular weight excluding hydrogens is 481 g/mol. The summed E-state index contributed by atoms with van der Waals surface area (Å²) in [6.45, 7) is 5.72. The molecule has 0 aliphatic carbocycles. The van der Waals surface area contributed by atoms with Crippen molar-refractivity contribution in [2.45, 2.75) is 40.2 Å². The van der Waals surface area contributed by atoms with Crippen LogP contribution in [0.25, 0.3) is 10.6 Å². The van der Waals surface area contributed by atoms with Crippen LogP contribution in [-0.4, -0.2) is 17.6 Å². The van der Waals surface area contributed by atoms with Gasteiger partial charge in [-0.25, -0.2) is 14.2 Å². The maximum Gasteiger partial charge on any atom is 0.378 e. The first-order valence-corrected chi connectivity index (χ1v) is 12.5. The Kier molecular flexibility index (Phi) is 7.95. The third-order valence-corrected chi connectivity index (χ3v) is 6.77. The molecule has 0 fully saturated rings. The Balaban J connectivity index is 1.72. The molecule has 0 N–H and O–H groups in total. The number of hydrogen-bond acceptors (Lipinski definition) is 7. The number of thiazole rings is 1. The number of rotatable bonds is 9. The largest absolute Gasteiger partial charge is 0.481 e. The first-order valence-electron chi connectivity index (χ1n) is 11.6. The summed E-state index contributed by atoms with van der Waals surface area (Å²) in [5, 5.41) is 0.468.